The zero-order valence-electron chi connectivity index (χ0n) is 12.6. The van der Waals surface area contributed by atoms with Crippen LogP contribution in [0, 0.1) is 0 Å². The molecule has 1 atom stereocenters. The molecular weight excluding hydrogens is 264 g/mol. The van der Waals surface area contributed by atoms with E-state index in [0.29, 0.717) is 0 Å². The molecule has 0 saturated carbocycles. The van der Waals surface area contributed by atoms with Crippen molar-refractivity contribution in [3.63, 3.8) is 0 Å². The van der Waals surface area contributed by atoms with E-state index in [-0.39, 0.29) is 10.8 Å². The van der Waals surface area contributed by atoms with Gasteiger partial charge in [-0.2, -0.15) is 0 Å². The van der Waals surface area contributed by atoms with Crippen molar-refractivity contribution < 1.29 is 0 Å². The molecule has 1 unspecified atom stereocenters. The lowest BCUT2D eigenvalue weighted by Gasteiger charge is -2.19. The molecule has 2 rings (SSSR count). The minimum absolute atomic E-state index is 0.0958. The number of benzene rings is 2. The fourth-order valence-electron chi connectivity index (χ4n) is 2.29. The topological polar surface area (TPSA) is 0 Å². The molecule has 0 amide bonds. The van der Waals surface area contributed by atoms with Crippen LogP contribution >= 0.6 is 11.6 Å². The number of hydrogen-bond acceptors (Lipinski definition) is 0. The molecule has 0 saturated heterocycles. The van der Waals surface area contributed by atoms with Crippen LogP contribution in [-0.4, -0.2) is 0 Å². The molecule has 0 heterocycles. The minimum Gasteiger partial charge on any atom is -0.118 e. The van der Waals surface area contributed by atoms with Crippen LogP contribution in [-0.2, 0) is 11.8 Å². The fraction of sp³-hybridized carbons (Fsp3) is 0.368. The first-order chi connectivity index (χ1) is 9.47. The van der Waals surface area contributed by atoms with Crippen LogP contribution in [0.1, 0.15) is 49.3 Å². The van der Waals surface area contributed by atoms with E-state index in [4.69, 9.17) is 11.6 Å². The molecule has 1 heteroatoms. The van der Waals surface area contributed by atoms with Gasteiger partial charge in [0.25, 0.3) is 0 Å². The van der Waals surface area contributed by atoms with Crippen molar-refractivity contribution in [2.75, 3.05) is 0 Å². The molecule has 0 bridgehead atoms. The van der Waals surface area contributed by atoms with Gasteiger partial charge in [-0.25, -0.2) is 0 Å². The normalized spacial score (nSPS) is 13.2. The largest absolute Gasteiger partial charge is 0.118 e. The Hall–Kier alpha value is -1.27. The number of aryl methyl sites for hydroxylation is 1. The van der Waals surface area contributed by atoms with Crippen LogP contribution in [0.15, 0.2) is 54.6 Å². The summed E-state index contributed by atoms with van der Waals surface area (Å²) in [5.41, 5.74) is 4.17. The highest BCUT2D eigenvalue weighted by atomic mass is 35.5. The smallest absolute Gasteiger partial charge is 0.0588 e. The van der Waals surface area contributed by atoms with Crippen LogP contribution in [0.5, 0.6) is 0 Å². The molecule has 0 aliphatic rings. The molecule has 0 fully saturated rings. The summed E-state index contributed by atoms with van der Waals surface area (Å²) in [5.74, 6) is 0. The van der Waals surface area contributed by atoms with Crippen molar-refractivity contribution in [2.24, 2.45) is 0 Å². The summed E-state index contributed by atoms with van der Waals surface area (Å²) in [4.78, 5) is 0. The lowest BCUT2D eigenvalue weighted by Crippen LogP contribution is -2.10. The lowest BCUT2D eigenvalue weighted by atomic mass is 9.86. The maximum atomic E-state index is 6.46. The first kappa shape index (κ1) is 15.1. The second-order valence-corrected chi connectivity index (χ2v) is 6.89. The average molecular weight is 287 g/mol. The van der Waals surface area contributed by atoms with Gasteiger partial charge in [-0.15, -0.1) is 11.6 Å². The number of hydrogen-bond donors (Lipinski definition) is 0. The first-order valence-electron chi connectivity index (χ1n) is 7.25. The Balaban J connectivity index is 1.94. The molecule has 2 aromatic rings. The van der Waals surface area contributed by atoms with Crippen molar-refractivity contribution in [2.45, 2.75) is 44.4 Å². The maximum absolute atomic E-state index is 6.46. The molecule has 2 aromatic carbocycles. The van der Waals surface area contributed by atoms with Gasteiger partial charge in [0.05, 0.1) is 5.38 Å². The van der Waals surface area contributed by atoms with Crippen molar-refractivity contribution >= 4 is 11.6 Å². The van der Waals surface area contributed by atoms with Crippen LogP contribution < -0.4 is 0 Å². The zero-order valence-corrected chi connectivity index (χ0v) is 13.3. The molecule has 0 aromatic heterocycles. The van der Waals surface area contributed by atoms with E-state index in [1.165, 1.54) is 16.7 Å². The molecule has 0 nitrogen and oxygen atoms in total. The molecular formula is C19H23Cl. The van der Waals surface area contributed by atoms with E-state index < -0.39 is 0 Å². The number of alkyl halides is 1. The Morgan fingerprint density at radius 3 is 2.05 bits per heavy atom. The summed E-state index contributed by atoms with van der Waals surface area (Å²) in [6.45, 7) is 6.73. The Morgan fingerprint density at radius 1 is 0.900 bits per heavy atom. The van der Waals surface area contributed by atoms with Crippen LogP contribution in [0.25, 0.3) is 0 Å². The maximum Gasteiger partial charge on any atom is 0.0588 e. The highest BCUT2D eigenvalue weighted by Gasteiger charge is 2.13. The van der Waals surface area contributed by atoms with Crippen molar-refractivity contribution in [1.29, 1.82) is 0 Å². The fourth-order valence-corrected chi connectivity index (χ4v) is 2.55. The highest BCUT2D eigenvalue weighted by Crippen LogP contribution is 2.27. The average Bonchev–Trinajstić information content (AvgIpc) is 2.45. The summed E-state index contributed by atoms with van der Waals surface area (Å²) >= 11 is 6.46. The van der Waals surface area contributed by atoms with E-state index in [1.54, 1.807) is 0 Å². The predicted molar refractivity (Wildman–Crippen MR) is 88.5 cm³/mol. The van der Waals surface area contributed by atoms with Gasteiger partial charge in [-0.05, 0) is 34.9 Å². The molecule has 0 aliphatic carbocycles. The van der Waals surface area contributed by atoms with Gasteiger partial charge in [0, 0.05) is 0 Å². The van der Waals surface area contributed by atoms with Gasteiger partial charge in [0.1, 0.15) is 0 Å². The standard InChI is InChI=1S/C19H23Cl/c1-19(2,3)17-12-9-15(10-13-17)11-14-18(20)16-7-5-4-6-8-16/h4-10,12-13,18H,11,14H2,1-3H3. The molecule has 0 radical (unpaired) electrons. The molecule has 20 heavy (non-hydrogen) atoms. The first-order valence-corrected chi connectivity index (χ1v) is 7.69. The third-order valence-corrected chi connectivity index (χ3v) is 4.14. The van der Waals surface area contributed by atoms with Crippen LogP contribution in [0.3, 0.4) is 0 Å². The Kier molecular flexibility index (Phi) is 4.88. The molecule has 0 N–H and O–H groups in total. The van der Waals surface area contributed by atoms with Crippen LogP contribution in [0.4, 0.5) is 0 Å². The summed E-state index contributed by atoms with van der Waals surface area (Å²) in [7, 11) is 0. The summed E-state index contributed by atoms with van der Waals surface area (Å²) in [5, 5.41) is 0.0958. The molecule has 0 aliphatic heterocycles. The van der Waals surface area contributed by atoms with Crippen molar-refractivity contribution in [1.82, 2.24) is 0 Å². The van der Waals surface area contributed by atoms with E-state index in [1.807, 2.05) is 18.2 Å². The van der Waals surface area contributed by atoms with Crippen LogP contribution in [0.2, 0.25) is 0 Å². The number of rotatable bonds is 4. The Morgan fingerprint density at radius 2 is 1.50 bits per heavy atom. The van der Waals surface area contributed by atoms with E-state index in [2.05, 4.69) is 57.2 Å². The van der Waals surface area contributed by atoms with Gasteiger partial charge in [0.15, 0.2) is 0 Å². The second-order valence-electron chi connectivity index (χ2n) is 6.36. The molecule has 0 spiro atoms. The van der Waals surface area contributed by atoms with Gasteiger partial charge in [-0.3, -0.25) is 0 Å². The van der Waals surface area contributed by atoms with Gasteiger partial charge >= 0.3 is 0 Å². The number of halogens is 1. The predicted octanol–water partition coefficient (Wildman–Crippen LogP) is 5.90. The van der Waals surface area contributed by atoms with Gasteiger partial charge in [0.2, 0.25) is 0 Å². The van der Waals surface area contributed by atoms with Crippen molar-refractivity contribution in [3.8, 4) is 0 Å². The summed E-state index contributed by atoms with van der Waals surface area (Å²) in [6, 6.07) is 19.2. The minimum atomic E-state index is 0.0958. The zero-order chi connectivity index (χ0) is 14.6. The van der Waals surface area contributed by atoms with E-state index >= 15 is 0 Å². The quantitative estimate of drug-likeness (QED) is 0.614. The SMILES string of the molecule is CC(C)(C)c1ccc(CCC(Cl)c2ccccc2)cc1. The van der Waals surface area contributed by atoms with E-state index in [9.17, 15) is 0 Å². The summed E-state index contributed by atoms with van der Waals surface area (Å²) < 4.78 is 0. The summed E-state index contributed by atoms with van der Waals surface area (Å²) in [6.07, 6.45) is 1.99. The monoisotopic (exact) mass is 286 g/mol. The highest BCUT2D eigenvalue weighted by molar-refractivity contribution is 6.20. The van der Waals surface area contributed by atoms with Gasteiger partial charge in [-0.1, -0.05) is 75.4 Å². The second kappa shape index (κ2) is 6.45. The Labute approximate surface area is 127 Å². The molecule has 106 valence electrons. The van der Waals surface area contributed by atoms with Gasteiger partial charge < -0.3 is 0 Å². The lowest BCUT2D eigenvalue weighted by molar-refractivity contribution is 0.590. The van der Waals surface area contributed by atoms with Crippen molar-refractivity contribution in [3.05, 3.63) is 71.3 Å². The Bertz CT molecular complexity index is 520. The third kappa shape index (κ3) is 4.11. The van der Waals surface area contributed by atoms with E-state index in [0.717, 1.165) is 12.8 Å². The third-order valence-electron chi connectivity index (χ3n) is 3.67.